The first-order valence-corrected chi connectivity index (χ1v) is 8.24. The van der Waals surface area contributed by atoms with Crippen LogP contribution in [0.25, 0.3) is 0 Å². The average molecular weight is 278 g/mol. The van der Waals surface area contributed by atoms with E-state index in [2.05, 4.69) is 30.0 Å². The molecule has 2 N–H and O–H groups in total. The Kier molecular flexibility index (Phi) is 4.01. The van der Waals surface area contributed by atoms with Gasteiger partial charge in [0.05, 0.1) is 6.61 Å². The Balaban J connectivity index is 1.85. The van der Waals surface area contributed by atoms with Gasteiger partial charge in [-0.05, 0) is 24.1 Å². The molecule has 0 spiro atoms. The Hall–Kier alpha value is -0.710. The summed E-state index contributed by atoms with van der Waals surface area (Å²) in [5.74, 6) is 3.49. The van der Waals surface area contributed by atoms with Crippen LogP contribution in [-0.2, 0) is 6.42 Å². The average Bonchev–Trinajstić information content (AvgIpc) is 2.89. The minimum absolute atomic E-state index is 0.349. The van der Waals surface area contributed by atoms with Crippen LogP contribution in [0.5, 0.6) is 5.75 Å². The fourth-order valence-corrected chi connectivity index (χ4v) is 4.12. The molecule has 0 saturated carbocycles. The largest absolute Gasteiger partial charge is 0.493 e. The lowest BCUT2D eigenvalue weighted by atomic mass is 10.00. The monoisotopic (exact) mass is 278 g/mol. The second-order valence-corrected chi connectivity index (χ2v) is 6.53. The summed E-state index contributed by atoms with van der Waals surface area (Å²) >= 11 is 2.05. The number of nitrogens with zero attached hydrogens (tertiary/aromatic N) is 1. The number of fused-ring (bicyclic) bond motifs is 1. The van der Waals surface area contributed by atoms with E-state index in [-0.39, 0.29) is 0 Å². The van der Waals surface area contributed by atoms with Crippen LogP contribution >= 0.6 is 11.8 Å². The molecule has 19 heavy (non-hydrogen) atoms. The number of ether oxygens (including phenoxy) is 1. The standard InChI is InChI=1S/C15H22N2OS/c1-11-10-19-7-5-17(11)14(9-16)12-2-3-15-13(8-12)4-6-18-15/h2-3,8,11,14H,4-7,9-10,16H2,1H3. The molecule has 1 aromatic rings. The van der Waals surface area contributed by atoms with E-state index in [9.17, 15) is 0 Å². The van der Waals surface area contributed by atoms with Crippen LogP contribution in [0.2, 0.25) is 0 Å². The first-order chi connectivity index (χ1) is 9.29. The molecule has 2 aliphatic rings. The van der Waals surface area contributed by atoms with E-state index >= 15 is 0 Å². The van der Waals surface area contributed by atoms with Crippen molar-refractivity contribution in [3.63, 3.8) is 0 Å². The Morgan fingerprint density at radius 2 is 2.42 bits per heavy atom. The molecule has 0 amide bonds. The molecule has 0 bridgehead atoms. The normalized spacial score (nSPS) is 24.8. The minimum Gasteiger partial charge on any atom is -0.493 e. The molecular formula is C15H22N2OS. The van der Waals surface area contributed by atoms with Crippen LogP contribution in [0.3, 0.4) is 0 Å². The van der Waals surface area contributed by atoms with Gasteiger partial charge in [-0.15, -0.1) is 0 Å². The van der Waals surface area contributed by atoms with Crippen LogP contribution in [0.4, 0.5) is 0 Å². The van der Waals surface area contributed by atoms with Gasteiger partial charge in [-0.25, -0.2) is 0 Å². The molecular weight excluding hydrogens is 256 g/mol. The molecule has 4 heteroatoms. The number of hydrogen-bond donors (Lipinski definition) is 1. The maximum atomic E-state index is 6.06. The zero-order chi connectivity index (χ0) is 13.2. The molecule has 1 aromatic carbocycles. The molecule has 3 nitrogen and oxygen atoms in total. The van der Waals surface area contributed by atoms with Gasteiger partial charge < -0.3 is 10.5 Å². The van der Waals surface area contributed by atoms with E-state index in [0.717, 1.165) is 25.3 Å². The maximum absolute atomic E-state index is 6.06. The van der Waals surface area contributed by atoms with Crippen molar-refractivity contribution >= 4 is 11.8 Å². The van der Waals surface area contributed by atoms with Crippen LogP contribution < -0.4 is 10.5 Å². The van der Waals surface area contributed by atoms with Crippen molar-refractivity contribution in [1.82, 2.24) is 4.90 Å². The van der Waals surface area contributed by atoms with Gasteiger partial charge in [0, 0.05) is 43.1 Å². The van der Waals surface area contributed by atoms with Crippen molar-refractivity contribution in [3.05, 3.63) is 29.3 Å². The van der Waals surface area contributed by atoms with E-state index in [4.69, 9.17) is 10.5 Å². The summed E-state index contributed by atoms with van der Waals surface area (Å²) < 4.78 is 5.59. The first kappa shape index (κ1) is 13.3. The second-order valence-electron chi connectivity index (χ2n) is 5.38. The van der Waals surface area contributed by atoms with Crippen molar-refractivity contribution < 1.29 is 4.74 Å². The van der Waals surface area contributed by atoms with Gasteiger partial charge in [0.25, 0.3) is 0 Å². The van der Waals surface area contributed by atoms with Gasteiger partial charge in [0.1, 0.15) is 5.75 Å². The first-order valence-electron chi connectivity index (χ1n) is 7.09. The summed E-state index contributed by atoms with van der Waals surface area (Å²) in [6.45, 7) is 4.96. The second kappa shape index (κ2) is 5.73. The molecule has 104 valence electrons. The summed E-state index contributed by atoms with van der Waals surface area (Å²) in [7, 11) is 0. The maximum Gasteiger partial charge on any atom is 0.122 e. The number of rotatable bonds is 3. The molecule has 0 aromatic heterocycles. The Morgan fingerprint density at radius 1 is 1.53 bits per heavy atom. The van der Waals surface area contributed by atoms with Gasteiger partial charge in [-0.2, -0.15) is 11.8 Å². The fraction of sp³-hybridized carbons (Fsp3) is 0.600. The molecule has 2 atom stereocenters. The highest BCUT2D eigenvalue weighted by Crippen LogP contribution is 2.32. The molecule has 2 unspecified atom stereocenters. The molecule has 0 aliphatic carbocycles. The van der Waals surface area contributed by atoms with Gasteiger partial charge in [0.15, 0.2) is 0 Å². The summed E-state index contributed by atoms with van der Waals surface area (Å²) in [6, 6.07) is 7.56. The van der Waals surface area contributed by atoms with Crippen molar-refractivity contribution in [1.29, 1.82) is 0 Å². The highest BCUT2D eigenvalue weighted by molar-refractivity contribution is 7.99. The lowest BCUT2D eigenvalue weighted by molar-refractivity contribution is 0.166. The van der Waals surface area contributed by atoms with Crippen molar-refractivity contribution in [2.45, 2.75) is 25.4 Å². The van der Waals surface area contributed by atoms with Crippen LogP contribution in [0, 0.1) is 0 Å². The van der Waals surface area contributed by atoms with Gasteiger partial charge >= 0.3 is 0 Å². The van der Waals surface area contributed by atoms with Crippen molar-refractivity contribution in [2.24, 2.45) is 5.73 Å². The number of hydrogen-bond acceptors (Lipinski definition) is 4. The highest BCUT2D eigenvalue weighted by Gasteiger charge is 2.27. The smallest absolute Gasteiger partial charge is 0.122 e. The predicted octanol–water partition coefficient (Wildman–Crippen LogP) is 2.06. The minimum atomic E-state index is 0.349. The Morgan fingerprint density at radius 3 is 3.21 bits per heavy atom. The van der Waals surface area contributed by atoms with Gasteiger partial charge in [-0.3, -0.25) is 4.90 Å². The zero-order valence-corrected chi connectivity index (χ0v) is 12.3. The lowest BCUT2D eigenvalue weighted by Gasteiger charge is -2.39. The summed E-state index contributed by atoms with van der Waals surface area (Å²) in [5.41, 5.74) is 8.76. The quantitative estimate of drug-likeness (QED) is 0.918. The van der Waals surface area contributed by atoms with Crippen LogP contribution in [0.1, 0.15) is 24.1 Å². The fourth-order valence-electron chi connectivity index (χ4n) is 3.08. The molecule has 2 aliphatic heterocycles. The highest BCUT2D eigenvalue weighted by atomic mass is 32.2. The summed E-state index contributed by atoms with van der Waals surface area (Å²) in [5, 5.41) is 0. The van der Waals surface area contributed by atoms with E-state index in [1.165, 1.54) is 22.6 Å². The predicted molar refractivity (Wildman–Crippen MR) is 80.9 cm³/mol. The molecule has 2 heterocycles. The van der Waals surface area contributed by atoms with E-state index in [1.807, 2.05) is 11.8 Å². The summed E-state index contributed by atoms with van der Waals surface area (Å²) in [4.78, 5) is 2.56. The molecule has 1 fully saturated rings. The Labute approximate surface area is 119 Å². The Bertz CT molecular complexity index is 452. The van der Waals surface area contributed by atoms with E-state index < -0.39 is 0 Å². The topological polar surface area (TPSA) is 38.5 Å². The number of benzene rings is 1. The third-order valence-corrected chi connectivity index (χ3v) is 5.33. The lowest BCUT2D eigenvalue weighted by Crippen LogP contribution is -2.45. The van der Waals surface area contributed by atoms with Crippen LogP contribution in [0.15, 0.2) is 18.2 Å². The third-order valence-electron chi connectivity index (χ3n) is 4.14. The number of nitrogens with two attached hydrogens (primary N) is 1. The van der Waals surface area contributed by atoms with Gasteiger partial charge in [0.2, 0.25) is 0 Å². The molecule has 0 radical (unpaired) electrons. The third kappa shape index (κ3) is 2.62. The molecule has 1 saturated heterocycles. The SMILES string of the molecule is CC1CSCCN1C(CN)c1ccc2c(c1)CCO2. The summed E-state index contributed by atoms with van der Waals surface area (Å²) in [6.07, 6.45) is 1.03. The van der Waals surface area contributed by atoms with E-state index in [1.54, 1.807) is 0 Å². The van der Waals surface area contributed by atoms with Crippen LogP contribution in [-0.4, -0.2) is 42.1 Å². The van der Waals surface area contributed by atoms with E-state index in [0.29, 0.717) is 18.6 Å². The molecule has 3 rings (SSSR count). The van der Waals surface area contributed by atoms with Gasteiger partial charge in [-0.1, -0.05) is 12.1 Å². The number of thioether (sulfide) groups is 1. The zero-order valence-electron chi connectivity index (χ0n) is 11.5. The van der Waals surface area contributed by atoms with Crippen molar-refractivity contribution in [2.75, 3.05) is 31.2 Å². The van der Waals surface area contributed by atoms with Crippen molar-refractivity contribution in [3.8, 4) is 5.75 Å².